The summed E-state index contributed by atoms with van der Waals surface area (Å²) in [6.07, 6.45) is 1.31. The molecule has 0 aliphatic carbocycles. The first-order valence-electron chi connectivity index (χ1n) is 5.34. The zero-order valence-electron chi connectivity index (χ0n) is 10.1. The molecule has 8 heteroatoms. The maximum absolute atomic E-state index is 13.7. The van der Waals surface area contributed by atoms with Crippen LogP contribution in [0, 0.1) is 12.7 Å². The lowest BCUT2D eigenvalue weighted by Crippen LogP contribution is -2.24. The second-order valence-corrected chi connectivity index (χ2v) is 5.69. The number of nitrogens with one attached hydrogen (secondary N) is 1. The molecule has 6 nitrogen and oxygen atoms in total. The van der Waals surface area contributed by atoms with Gasteiger partial charge in [-0.25, -0.2) is 17.5 Å². The predicted octanol–water partition coefficient (Wildman–Crippen LogP) is 1.18. The van der Waals surface area contributed by atoms with Gasteiger partial charge in [0, 0.05) is 11.8 Å². The number of hydrogen-bond donors (Lipinski definition) is 2. The molecule has 0 atom stereocenters. The van der Waals surface area contributed by atoms with Crippen LogP contribution in [0.25, 0.3) is 0 Å². The lowest BCUT2D eigenvalue weighted by Gasteiger charge is -2.08. The van der Waals surface area contributed by atoms with Crippen molar-refractivity contribution in [2.45, 2.75) is 18.4 Å². The molecule has 0 fully saturated rings. The van der Waals surface area contributed by atoms with Gasteiger partial charge in [0.25, 0.3) is 0 Å². The minimum Gasteiger partial charge on any atom is -0.398 e. The summed E-state index contributed by atoms with van der Waals surface area (Å²) < 4.78 is 44.4. The normalized spacial score (nSPS) is 11.7. The second-order valence-electron chi connectivity index (χ2n) is 3.95. The number of sulfonamides is 1. The Bertz CT molecular complexity index is 683. The minimum absolute atomic E-state index is 0.0912. The fourth-order valence-electron chi connectivity index (χ4n) is 1.45. The average molecular weight is 285 g/mol. The number of halogens is 1. The monoisotopic (exact) mass is 285 g/mol. The van der Waals surface area contributed by atoms with Crippen LogP contribution < -0.4 is 10.5 Å². The largest absolute Gasteiger partial charge is 0.398 e. The van der Waals surface area contributed by atoms with E-state index in [9.17, 15) is 12.8 Å². The number of anilines is 1. The molecule has 1 heterocycles. The first-order valence-corrected chi connectivity index (χ1v) is 6.83. The highest BCUT2D eigenvalue weighted by Crippen LogP contribution is 2.21. The number of nitrogen functional groups attached to an aromatic ring is 1. The maximum Gasteiger partial charge on any atom is 0.243 e. The Morgan fingerprint density at radius 1 is 1.47 bits per heavy atom. The Hall–Kier alpha value is -1.93. The van der Waals surface area contributed by atoms with Crippen LogP contribution in [-0.2, 0) is 16.6 Å². The van der Waals surface area contributed by atoms with E-state index in [0.29, 0.717) is 11.3 Å². The SMILES string of the molecule is Cc1cc(F)c(S(=O)(=O)NCc2ccon2)cc1N. The molecule has 0 aliphatic rings. The van der Waals surface area contributed by atoms with Crippen molar-refractivity contribution >= 4 is 15.7 Å². The van der Waals surface area contributed by atoms with Gasteiger partial charge in [-0.1, -0.05) is 5.16 Å². The molecule has 0 saturated carbocycles. The van der Waals surface area contributed by atoms with Gasteiger partial charge in [0.2, 0.25) is 10.0 Å². The zero-order valence-corrected chi connectivity index (χ0v) is 10.9. The smallest absolute Gasteiger partial charge is 0.243 e. The third-order valence-electron chi connectivity index (χ3n) is 2.54. The van der Waals surface area contributed by atoms with Crippen molar-refractivity contribution in [1.29, 1.82) is 0 Å². The van der Waals surface area contributed by atoms with E-state index in [-0.39, 0.29) is 12.2 Å². The summed E-state index contributed by atoms with van der Waals surface area (Å²) in [6, 6.07) is 3.68. The van der Waals surface area contributed by atoms with Gasteiger partial charge in [0.15, 0.2) is 0 Å². The van der Waals surface area contributed by atoms with Crippen LogP contribution in [0.1, 0.15) is 11.3 Å². The standard InChI is InChI=1S/C11H12FN3O3S/c1-7-4-9(12)11(5-10(7)13)19(16,17)14-6-8-2-3-18-15-8/h2-5,14H,6,13H2,1H3. The summed E-state index contributed by atoms with van der Waals surface area (Å²) in [7, 11) is -3.99. The summed E-state index contributed by atoms with van der Waals surface area (Å²) >= 11 is 0. The summed E-state index contributed by atoms with van der Waals surface area (Å²) in [6.45, 7) is 1.50. The fraction of sp³-hybridized carbons (Fsp3) is 0.182. The van der Waals surface area contributed by atoms with E-state index in [4.69, 9.17) is 5.73 Å². The van der Waals surface area contributed by atoms with Gasteiger partial charge >= 0.3 is 0 Å². The van der Waals surface area contributed by atoms with Gasteiger partial charge in [-0.15, -0.1) is 0 Å². The molecular weight excluding hydrogens is 273 g/mol. The van der Waals surface area contributed by atoms with Crippen molar-refractivity contribution in [3.63, 3.8) is 0 Å². The molecule has 0 radical (unpaired) electrons. The van der Waals surface area contributed by atoms with E-state index in [0.717, 1.165) is 12.1 Å². The Balaban J connectivity index is 2.27. The van der Waals surface area contributed by atoms with E-state index in [2.05, 4.69) is 14.4 Å². The lowest BCUT2D eigenvalue weighted by atomic mass is 10.2. The summed E-state index contributed by atoms with van der Waals surface area (Å²) in [5, 5.41) is 3.55. The number of nitrogens with zero attached hydrogens (tertiary/aromatic N) is 1. The van der Waals surface area contributed by atoms with Crippen LogP contribution in [0.15, 0.2) is 33.9 Å². The van der Waals surface area contributed by atoms with Crippen molar-refractivity contribution in [3.05, 3.63) is 41.5 Å². The Morgan fingerprint density at radius 3 is 2.84 bits per heavy atom. The number of nitrogens with two attached hydrogens (primary N) is 1. The van der Waals surface area contributed by atoms with E-state index in [1.807, 2.05) is 0 Å². The van der Waals surface area contributed by atoms with Gasteiger partial charge in [-0.05, 0) is 24.6 Å². The molecule has 2 aromatic rings. The first-order chi connectivity index (χ1) is 8.90. The number of benzene rings is 1. The van der Waals surface area contributed by atoms with Gasteiger partial charge in [0.05, 0.1) is 12.2 Å². The molecule has 102 valence electrons. The molecule has 0 aliphatic heterocycles. The number of aromatic nitrogens is 1. The average Bonchev–Trinajstić information content (AvgIpc) is 2.84. The van der Waals surface area contributed by atoms with Crippen molar-refractivity contribution in [3.8, 4) is 0 Å². The molecule has 0 saturated heterocycles. The quantitative estimate of drug-likeness (QED) is 0.822. The highest BCUT2D eigenvalue weighted by atomic mass is 32.2. The predicted molar refractivity (Wildman–Crippen MR) is 66.1 cm³/mol. The van der Waals surface area contributed by atoms with Crippen molar-refractivity contribution in [1.82, 2.24) is 9.88 Å². The van der Waals surface area contributed by atoms with E-state index in [1.54, 1.807) is 6.92 Å². The zero-order chi connectivity index (χ0) is 14.0. The number of rotatable bonds is 4. The molecule has 0 amide bonds. The fourth-order valence-corrected chi connectivity index (χ4v) is 2.54. The third-order valence-corrected chi connectivity index (χ3v) is 3.96. The molecule has 19 heavy (non-hydrogen) atoms. The van der Waals surface area contributed by atoms with Crippen LogP contribution >= 0.6 is 0 Å². The van der Waals surface area contributed by atoms with Crippen LogP contribution in [-0.4, -0.2) is 13.6 Å². The molecule has 0 unspecified atom stereocenters. The lowest BCUT2D eigenvalue weighted by molar-refractivity contribution is 0.411. The summed E-state index contributed by atoms with van der Waals surface area (Å²) in [4.78, 5) is -0.487. The Kier molecular flexibility index (Phi) is 3.54. The van der Waals surface area contributed by atoms with Crippen LogP contribution in [0.5, 0.6) is 0 Å². The molecule has 0 spiro atoms. The molecular formula is C11H12FN3O3S. The van der Waals surface area contributed by atoms with Gasteiger partial charge in [0.1, 0.15) is 17.0 Å². The van der Waals surface area contributed by atoms with Gasteiger partial charge in [-0.3, -0.25) is 0 Å². The molecule has 3 N–H and O–H groups in total. The summed E-state index contributed by atoms with van der Waals surface area (Å²) in [5.41, 5.74) is 6.67. The number of aryl methyl sites for hydroxylation is 1. The highest BCUT2D eigenvalue weighted by Gasteiger charge is 2.20. The van der Waals surface area contributed by atoms with Crippen molar-refractivity contribution < 1.29 is 17.3 Å². The molecule has 1 aromatic heterocycles. The Labute approximate surface area is 109 Å². The number of hydrogen-bond acceptors (Lipinski definition) is 5. The topological polar surface area (TPSA) is 98.2 Å². The molecule has 0 bridgehead atoms. The van der Waals surface area contributed by atoms with Crippen molar-refractivity contribution in [2.75, 3.05) is 5.73 Å². The van der Waals surface area contributed by atoms with Crippen LogP contribution in [0.2, 0.25) is 0 Å². The van der Waals surface area contributed by atoms with Gasteiger partial charge in [-0.2, -0.15) is 0 Å². The Morgan fingerprint density at radius 2 is 2.21 bits per heavy atom. The van der Waals surface area contributed by atoms with Crippen LogP contribution in [0.4, 0.5) is 10.1 Å². The third kappa shape index (κ3) is 2.91. The highest BCUT2D eigenvalue weighted by molar-refractivity contribution is 7.89. The maximum atomic E-state index is 13.7. The summed E-state index contributed by atoms with van der Waals surface area (Å²) in [5.74, 6) is -0.848. The molecule has 2 rings (SSSR count). The van der Waals surface area contributed by atoms with E-state index < -0.39 is 20.7 Å². The minimum atomic E-state index is -3.99. The second kappa shape index (κ2) is 4.98. The molecule has 1 aromatic carbocycles. The van der Waals surface area contributed by atoms with E-state index >= 15 is 0 Å². The first kappa shape index (κ1) is 13.5. The van der Waals surface area contributed by atoms with Crippen LogP contribution in [0.3, 0.4) is 0 Å². The van der Waals surface area contributed by atoms with E-state index in [1.165, 1.54) is 12.3 Å². The van der Waals surface area contributed by atoms with Crippen molar-refractivity contribution in [2.24, 2.45) is 0 Å². The van der Waals surface area contributed by atoms with Gasteiger partial charge < -0.3 is 10.3 Å².